The van der Waals surface area contributed by atoms with Crippen molar-refractivity contribution in [2.24, 2.45) is 0 Å². The van der Waals surface area contributed by atoms with E-state index in [0.717, 1.165) is 5.52 Å². The molecule has 0 bridgehead atoms. The van der Waals surface area contributed by atoms with Crippen LogP contribution in [0.4, 0.5) is 0 Å². The van der Waals surface area contributed by atoms with E-state index in [9.17, 15) is 0 Å². The van der Waals surface area contributed by atoms with Gasteiger partial charge in [0.25, 0.3) is 0 Å². The molecule has 2 aromatic carbocycles. The average Bonchev–Trinajstić information content (AvgIpc) is 2.83. The summed E-state index contributed by atoms with van der Waals surface area (Å²) in [5, 5.41) is 1.22. The molecule has 118 valence electrons. The van der Waals surface area contributed by atoms with Crippen LogP contribution in [0.25, 0.3) is 17.0 Å². The molecular formula is C19H17Cl2CrN. The second-order valence-electron chi connectivity index (χ2n) is 5.36. The summed E-state index contributed by atoms with van der Waals surface area (Å²) in [6, 6.07) is 21.5. The van der Waals surface area contributed by atoms with E-state index in [-0.39, 0.29) is 24.8 Å². The molecule has 0 aliphatic heterocycles. The van der Waals surface area contributed by atoms with E-state index < -0.39 is 0 Å². The van der Waals surface area contributed by atoms with Crippen molar-refractivity contribution in [2.45, 2.75) is 11.7 Å². The van der Waals surface area contributed by atoms with Crippen molar-refractivity contribution in [1.82, 2.24) is 4.98 Å². The second kappa shape index (κ2) is 7.51. The maximum absolute atomic E-state index is 4.85. The van der Waals surface area contributed by atoms with Gasteiger partial charge in [-0.25, -0.2) is 0 Å². The van der Waals surface area contributed by atoms with Crippen LogP contribution >= 0.6 is 24.8 Å². The Hall–Kier alpha value is -1.30. The van der Waals surface area contributed by atoms with Gasteiger partial charge in [0.15, 0.2) is 0 Å². The fourth-order valence-corrected chi connectivity index (χ4v) is 4.61. The van der Waals surface area contributed by atoms with Crippen LogP contribution in [-0.4, -0.2) is 4.98 Å². The standard InChI is InChI=1S/C10H9.C9H6N.2ClH.Cr/c1-8-6-9-4-2-3-5-10(9)7-8;1-2-6-9-8(4-1)5-3-7-10-9;;;/h2-7H,1H3;1-6H;2*1H;. The Balaban J connectivity index is 0.000000960. The zero-order valence-electron chi connectivity index (χ0n) is 12.6. The van der Waals surface area contributed by atoms with Gasteiger partial charge in [0.2, 0.25) is 0 Å². The molecule has 0 saturated heterocycles. The minimum absolute atomic E-state index is 0. The van der Waals surface area contributed by atoms with Crippen molar-refractivity contribution < 1.29 is 15.2 Å². The smallest absolute Gasteiger partial charge is 0.147 e. The Morgan fingerprint density at radius 1 is 0.870 bits per heavy atom. The van der Waals surface area contributed by atoms with Crippen molar-refractivity contribution in [3.8, 4) is 0 Å². The van der Waals surface area contributed by atoms with Gasteiger partial charge in [-0.2, -0.15) is 0 Å². The maximum Gasteiger partial charge on any atom is -0.147 e. The molecule has 1 unspecified atom stereocenters. The minimum atomic E-state index is 0. The van der Waals surface area contributed by atoms with Crippen LogP contribution in [0.3, 0.4) is 0 Å². The maximum atomic E-state index is 4.85. The number of aromatic nitrogens is 1. The normalized spacial score (nSPS) is 15.3. The average molecular weight is 382 g/mol. The van der Waals surface area contributed by atoms with E-state index in [1.54, 1.807) is 0 Å². The van der Waals surface area contributed by atoms with Gasteiger partial charge >= 0.3 is 131 Å². The summed E-state index contributed by atoms with van der Waals surface area (Å²) in [5.74, 6) is 0. The SMILES string of the molecule is CC1=Cc2ccccc2[CH]1[Cr][c]1ccc2ccccc2n1.Cl.Cl. The van der Waals surface area contributed by atoms with E-state index in [1.807, 2.05) is 0 Å². The molecule has 1 nitrogen and oxygen atoms in total. The summed E-state index contributed by atoms with van der Waals surface area (Å²) in [7, 11) is 0. The molecule has 0 spiro atoms. The van der Waals surface area contributed by atoms with Gasteiger partial charge in [-0.3, -0.25) is 0 Å². The number of para-hydroxylation sites is 1. The van der Waals surface area contributed by atoms with Crippen LogP contribution in [0.2, 0.25) is 0 Å². The number of halogens is 2. The predicted octanol–water partition coefficient (Wildman–Crippen LogP) is 4.94. The van der Waals surface area contributed by atoms with Crippen molar-refractivity contribution in [3.63, 3.8) is 0 Å². The molecule has 4 heteroatoms. The summed E-state index contributed by atoms with van der Waals surface area (Å²) in [6.45, 7) is 2.24. The third-order valence-electron chi connectivity index (χ3n) is 3.89. The van der Waals surface area contributed by atoms with Crippen LogP contribution in [0.5, 0.6) is 0 Å². The van der Waals surface area contributed by atoms with Gasteiger partial charge in [0.1, 0.15) is 0 Å². The minimum Gasteiger partial charge on any atom is -0.147 e. The van der Waals surface area contributed by atoms with Crippen LogP contribution in [0.1, 0.15) is 22.8 Å². The van der Waals surface area contributed by atoms with E-state index in [2.05, 4.69) is 73.7 Å². The largest absolute Gasteiger partial charge is 0.147 e. The molecule has 0 radical (unpaired) electrons. The fraction of sp³-hybridized carbons (Fsp3) is 0.105. The molecule has 1 aliphatic rings. The van der Waals surface area contributed by atoms with Gasteiger partial charge in [-0.1, -0.05) is 0 Å². The van der Waals surface area contributed by atoms with Crippen LogP contribution in [-0.2, 0) is 15.2 Å². The van der Waals surface area contributed by atoms with Crippen LogP contribution < -0.4 is 4.56 Å². The Morgan fingerprint density at radius 2 is 1.61 bits per heavy atom. The first-order valence-electron chi connectivity index (χ1n) is 7.11. The Labute approximate surface area is 155 Å². The molecule has 1 aromatic heterocycles. The number of benzene rings is 2. The number of fused-ring (bicyclic) bond motifs is 2. The fourth-order valence-electron chi connectivity index (χ4n) is 2.84. The van der Waals surface area contributed by atoms with Crippen molar-refractivity contribution >= 4 is 46.3 Å². The van der Waals surface area contributed by atoms with Gasteiger partial charge in [-0.05, 0) is 0 Å². The topological polar surface area (TPSA) is 12.9 Å². The van der Waals surface area contributed by atoms with Crippen LogP contribution in [0, 0.1) is 0 Å². The molecule has 0 amide bonds. The summed E-state index contributed by atoms with van der Waals surface area (Å²) >= 11 is 0.331. The molecule has 4 rings (SSSR count). The van der Waals surface area contributed by atoms with E-state index >= 15 is 0 Å². The third-order valence-corrected chi connectivity index (χ3v) is 5.96. The summed E-state index contributed by atoms with van der Waals surface area (Å²) in [5.41, 5.74) is 5.41. The molecule has 3 aromatic rings. The van der Waals surface area contributed by atoms with Crippen molar-refractivity contribution in [1.29, 1.82) is 0 Å². The first-order chi connectivity index (χ1) is 10.3. The number of hydrogen-bond acceptors (Lipinski definition) is 1. The van der Waals surface area contributed by atoms with Crippen LogP contribution in [0.15, 0.2) is 66.2 Å². The van der Waals surface area contributed by atoms with Gasteiger partial charge in [0.05, 0.1) is 0 Å². The molecule has 0 saturated carbocycles. The summed E-state index contributed by atoms with van der Waals surface area (Å²) in [6.07, 6.45) is 2.32. The zero-order chi connectivity index (χ0) is 14.2. The molecule has 1 aliphatic carbocycles. The quantitative estimate of drug-likeness (QED) is 0.612. The van der Waals surface area contributed by atoms with E-state index in [1.165, 1.54) is 26.6 Å². The Bertz CT molecular complexity index is 861. The molecule has 0 fully saturated rings. The number of allylic oxidation sites excluding steroid dienone is 1. The van der Waals surface area contributed by atoms with Crippen molar-refractivity contribution in [3.05, 3.63) is 77.4 Å². The molecule has 0 N–H and O–H groups in total. The number of rotatable bonds is 2. The Morgan fingerprint density at radius 3 is 2.48 bits per heavy atom. The molecule has 1 heterocycles. The van der Waals surface area contributed by atoms with Gasteiger partial charge in [0, 0.05) is 0 Å². The van der Waals surface area contributed by atoms with Crippen molar-refractivity contribution in [2.75, 3.05) is 0 Å². The Kier molecular flexibility index (Phi) is 5.90. The zero-order valence-corrected chi connectivity index (χ0v) is 15.5. The molecular weight excluding hydrogens is 365 g/mol. The second-order valence-corrected chi connectivity index (χ2v) is 7.11. The van der Waals surface area contributed by atoms with Gasteiger partial charge < -0.3 is 0 Å². The number of pyridine rings is 1. The number of nitrogens with zero attached hydrogens (tertiary/aromatic N) is 1. The van der Waals surface area contributed by atoms with Gasteiger partial charge in [-0.15, -0.1) is 24.8 Å². The predicted molar refractivity (Wildman–Crippen MR) is 98.7 cm³/mol. The summed E-state index contributed by atoms with van der Waals surface area (Å²) in [4.78, 5) is 4.85. The molecule has 23 heavy (non-hydrogen) atoms. The first kappa shape index (κ1) is 18.0. The third kappa shape index (κ3) is 3.47. The monoisotopic (exact) mass is 381 g/mol. The number of hydrogen-bond donors (Lipinski definition) is 0. The van der Waals surface area contributed by atoms with E-state index in [0.29, 0.717) is 20.0 Å². The summed E-state index contributed by atoms with van der Waals surface area (Å²) < 4.78 is 1.76. The molecule has 1 atom stereocenters. The van der Waals surface area contributed by atoms with E-state index in [4.69, 9.17) is 4.98 Å². The first-order valence-corrected chi connectivity index (χ1v) is 8.48.